The Morgan fingerprint density at radius 2 is 2.27 bits per heavy atom. The molecule has 0 aromatic carbocycles. The zero-order valence-electron chi connectivity index (χ0n) is 12.9. The molecule has 1 aliphatic heterocycles. The average molecular weight is 297 g/mol. The number of hydrogen-bond acceptors (Lipinski definition) is 4. The van der Waals surface area contributed by atoms with Crippen molar-refractivity contribution in [3.63, 3.8) is 0 Å². The number of hydrogen-bond donors (Lipinski definition) is 1. The van der Waals surface area contributed by atoms with E-state index in [0.29, 0.717) is 30.9 Å². The van der Waals surface area contributed by atoms with Crippen LogP contribution in [0.15, 0.2) is 18.0 Å². The second-order valence-corrected chi connectivity index (χ2v) is 4.97. The first-order chi connectivity index (χ1) is 10.7. The molecule has 1 aromatic rings. The maximum absolute atomic E-state index is 11.9. The van der Waals surface area contributed by atoms with Crippen LogP contribution in [0.4, 0.5) is 5.82 Å². The van der Waals surface area contributed by atoms with E-state index in [0.717, 1.165) is 18.7 Å². The van der Waals surface area contributed by atoms with Crippen LogP contribution in [0.1, 0.15) is 32.3 Å². The van der Waals surface area contributed by atoms with Crippen molar-refractivity contribution in [3.8, 4) is 17.9 Å². The van der Waals surface area contributed by atoms with Crippen LogP contribution in [0.5, 0.6) is 0 Å². The lowest BCUT2D eigenvalue weighted by Crippen LogP contribution is -2.27. The number of carbonyl (C=O) groups is 1. The molecular weight excluding hydrogens is 278 g/mol. The fourth-order valence-corrected chi connectivity index (χ4v) is 2.31. The predicted octanol–water partition coefficient (Wildman–Crippen LogP) is 1.72. The minimum Gasteiger partial charge on any atom is -0.341 e. The number of rotatable bonds is 6. The average Bonchev–Trinajstić information content (AvgIpc) is 3.04. The predicted molar refractivity (Wildman–Crippen MR) is 83.6 cm³/mol. The number of nitrogens with zero attached hydrogens (tertiary/aromatic N) is 4. The molecular formula is C16H19N5O. The van der Waals surface area contributed by atoms with E-state index < -0.39 is 0 Å². The van der Waals surface area contributed by atoms with Crippen molar-refractivity contribution < 1.29 is 4.79 Å². The summed E-state index contributed by atoms with van der Waals surface area (Å²) in [6, 6.07) is 2.12. The van der Waals surface area contributed by atoms with Crippen LogP contribution < -0.4 is 5.32 Å². The van der Waals surface area contributed by atoms with E-state index in [4.69, 9.17) is 0 Å². The molecule has 0 saturated carbocycles. The highest BCUT2D eigenvalue weighted by Gasteiger charge is 2.22. The summed E-state index contributed by atoms with van der Waals surface area (Å²) in [5, 5.41) is 16.6. The minimum absolute atomic E-state index is 0.00535. The summed E-state index contributed by atoms with van der Waals surface area (Å²) >= 11 is 0. The molecule has 6 nitrogen and oxygen atoms in total. The van der Waals surface area contributed by atoms with Gasteiger partial charge in [-0.2, -0.15) is 10.4 Å². The van der Waals surface area contributed by atoms with E-state index in [1.165, 1.54) is 6.20 Å². The van der Waals surface area contributed by atoms with Gasteiger partial charge in [-0.05, 0) is 13.3 Å². The molecule has 22 heavy (non-hydrogen) atoms. The van der Waals surface area contributed by atoms with Crippen LogP contribution in [-0.4, -0.2) is 33.7 Å². The molecule has 0 unspecified atom stereocenters. The molecule has 0 aliphatic carbocycles. The van der Waals surface area contributed by atoms with Gasteiger partial charge in [0.1, 0.15) is 17.5 Å². The first-order valence-electron chi connectivity index (χ1n) is 7.31. The van der Waals surface area contributed by atoms with Crippen LogP contribution in [0.3, 0.4) is 0 Å². The van der Waals surface area contributed by atoms with Crippen LogP contribution >= 0.6 is 0 Å². The molecule has 0 saturated heterocycles. The summed E-state index contributed by atoms with van der Waals surface area (Å²) in [5.74, 6) is 6.44. The lowest BCUT2D eigenvalue weighted by Gasteiger charge is -2.16. The highest BCUT2D eigenvalue weighted by molar-refractivity contribution is 5.92. The molecule has 0 radical (unpaired) electrons. The molecule has 1 amide bonds. The van der Waals surface area contributed by atoms with Gasteiger partial charge in [0.15, 0.2) is 0 Å². The molecule has 1 aliphatic rings. The lowest BCUT2D eigenvalue weighted by molar-refractivity contribution is -0.124. The number of nitrogens with one attached hydrogen (secondary N) is 1. The molecule has 0 atom stereocenters. The van der Waals surface area contributed by atoms with Crippen molar-refractivity contribution in [2.45, 2.75) is 33.2 Å². The highest BCUT2D eigenvalue weighted by atomic mass is 16.2. The molecule has 0 spiro atoms. The Morgan fingerprint density at radius 1 is 1.45 bits per heavy atom. The van der Waals surface area contributed by atoms with E-state index in [9.17, 15) is 10.1 Å². The fraction of sp³-hybridized carbons (Fsp3) is 0.438. The van der Waals surface area contributed by atoms with Crippen molar-refractivity contribution in [1.82, 2.24) is 14.7 Å². The normalized spacial score (nSPS) is 13.4. The second kappa shape index (κ2) is 7.33. The van der Waals surface area contributed by atoms with Gasteiger partial charge in [0.2, 0.25) is 5.91 Å². The van der Waals surface area contributed by atoms with E-state index in [1.807, 2.05) is 6.92 Å². The van der Waals surface area contributed by atoms with Crippen LogP contribution in [0, 0.1) is 23.2 Å². The summed E-state index contributed by atoms with van der Waals surface area (Å²) < 4.78 is 1.72. The smallest absolute Gasteiger partial charge is 0.248 e. The van der Waals surface area contributed by atoms with E-state index >= 15 is 0 Å². The van der Waals surface area contributed by atoms with Gasteiger partial charge in [-0.1, -0.05) is 6.92 Å². The third-order valence-electron chi connectivity index (χ3n) is 3.33. The molecule has 114 valence electrons. The minimum atomic E-state index is 0.00535. The Labute approximate surface area is 130 Å². The molecule has 6 heteroatoms. The van der Waals surface area contributed by atoms with Gasteiger partial charge in [-0.25, -0.2) is 4.68 Å². The van der Waals surface area contributed by atoms with Crippen molar-refractivity contribution >= 4 is 11.7 Å². The standard InChI is InChI=1S/C16H19N5O/c1-3-5-6-8-21-16(13(10-17)11-18-21)19-14-9-15(22)20(12-14)7-4-2/h9,11,19H,4,6-8,12H2,1-2H3. The van der Waals surface area contributed by atoms with Gasteiger partial charge in [0, 0.05) is 24.7 Å². The summed E-state index contributed by atoms with van der Waals surface area (Å²) in [4.78, 5) is 13.6. The zero-order valence-corrected chi connectivity index (χ0v) is 12.9. The lowest BCUT2D eigenvalue weighted by atomic mass is 10.3. The summed E-state index contributed by atoms with van der Waals surface area (Å²) in [7, 11) is 0. The Kier molecular flexibility index (Phi) is 5.21. The number of amides is 1. The van der Waals surface area contributed by atoms with Gasteiger partial charge >= 0.3 is 0 Å². The number of aryl methyl sites for hydroxylation is 1. The van der Waals surface area contributed by atoms with Crippen molar-refractivity contribution in [3.05, 3.63) is 23.5 Å². The largest absolute Gasteiger partial charge is 0.341 e. The topological polar surface area (TPSA) is 74.0 Å². The Bertz CT molecular complexity index is 684. The first-order valence-corrected chi connectivity index (χ1v) is 7.31. The second-order valence-electron chi connectivity index (χ2n) is 4.97. The number of aromatic nitrogens is 2. The third-order valence-corrected chi connectivity index (χ3v) is 3.33. The van der Waals surface area contributed by atoms with Gasteiger partial charge < -0.3 is 10.2 Å². The van der Waals surface area contributed by atoms with Crippen LogP contribution in [0.2, 0.25) is 0 Å². The number of carbonyl (C=O) groups excluding carboxylic acids is 1. The van der Waals surface area contributed by atoms with E-state index in [-0.39, 0.29) is 5.91 Å². The highest BCUT2D eigenvalue weighted by Crippen LogP contribution is 2.20. The monoisotopic (exact) mass is 297 g/mol. The fourth-order valence-electron chi connectivity index (χ4n) is 2.31. The van der Waals surface area contributed by atoms with Gasteiger partial charge in [-0.15, -0.1) is 11.8 Å². The quantitative estimate of drug-likeness (QED) is 0.811. The summed E-state index contributed by atoms with van der Waals surface area (Å²) in [6.45, 7) is 5.70. The first kappa shape index (κ1) is 15.7. The Morgan fingerprint density at radius 3 is 2.95 bits per heavy atom. The van der Waals surface area contributed by atoms with Crippen molar-refractivity contribution in [2.75, 3.05) is 18.4 Å². The van der Waals surface area contributed by atoms with Gasteiger partial charge in [-0.3, -0.25) is 4.79 Å². The zero-order chi connectivity index (χ0) is 15.9. The molecule has 1 aromatic heterocycles. The van der Waals surface area contributed by atoms with Crippen molar-refractivity contribution in [2.24, 2.45) is 0 Å². The molecule has 0 bridgehead atoms. The maximum Gasteiger partial charge on any atom is 0.248 e. The van der Waals surface area contributed by atoms with Gasteiger partial charge in [0.05, 0.1) is 19.3 Å². The number of nitriles is 1. The van der Waals surface area contributed by atoms with Crippen molar-refractivity contribution in [1.29, 1.82) is 5.26 Å². The Balaban J connectivity index is 2.13. The number of anilines is 1. The van der Waals surface area contributed by atoms with E-state index in [1.54, 1.807) is 22.6 Å². The van der Waals surface area contributed by atoms with Gasteiger partial charge in [0.25, 0.3) is 0 Å². The summed E-state index contributed by atoms with van der Waals surface area (Å²) in [6.07, 6.45) is 4.70. The summed E-state index contributed by atoms with van der Waals surface area (Å²) in [5.41, 5.74) is 1.25. The Hall–Kier alpha value is -2.73. The van der Waals surface area contributed by atoms with Crippen LogP contribution in [0.25, 0.3) is 0 Å². The molecule has 2 heterocycles. The van der Waals surface area contributed by atoms with E-state index in [2.05, 4.69) is 28.3 Å². The SMILES string of the molecule is CC#CCCn1ncc(C#N)c1NC1=CC(=O)N(CCC)C1. The third kappa shape index (κ3) is 3.48. The molecule has 2 rings (SSSR count). The maximum atomic E-state index is 11.9. The molecule has 0 fully saturated rings. The van der Waals surface area contributed by atoms with Crippen LogP contribution in [-0.2, 0) is 11.3 Å². The molecule has 1 N–H and O–H groups in total.